The van der Waals surface area contributed by atoms with Crippen molar-refractivity contribution in [2.75, 3.05) is 20.8 Å². The molecule has 0 radical (unpaired) electrons. The molecule has 0 unspecified atom stereocenters. The number of oxime groups is 2. The topological polar surface area (TPSA) is 78.2 Å². The molecule has 148 valence electrons. The van der Waals surface area contributed by atoms with Gasteiger partial charge in [0.05, 0.1) is 18.5 Å². The smallest absolute Gasteiger partial charge is 0.213 e. The zero-order chi connectivity index (χ0) is 19.8. The van der Waals surface area contributed by atoms with Crippen LogP contribution in [-0.2, 0) is 22.5 Å². The van der Waals surface area contributed by atoms with E-state index >= 15 is 0 Å². The molecule has 7 nitrogen and oxygen atoms in total. The standard InChI is InChI=1S/C21H26N4O3/c1-15(24-27-3)18-10-5-8-17(22-18)9-6-14-28-25-19-11-4-7-16-12-13-20(26-2)23-21(16)19/h5,8,10,12-13H,4,6-7,9,11,14H2,1-3H3/b24-15+,25-19+. The Bertz CT molecular complexity index is 864. The van der Waals surface area contributed by atoms with Gasteiger partial charge in [0.1, 0.15) is 25.1 Å². The van der Waals surface area contributed by atoms with E-state index in [1.165, 1.54) is 12.7 Å². The lowest BCUT2D eigenvalue weighted by Gasteiger charge is -2.17. The number of ether oxygens (including phenoxy) is 1. The summed E-state index contributed by atoms with van der Waals surface area (Å²) in [4.78, 5) is 19.5. The molecule has 7 heteroatoms. The van der Waals surface area contributed by atoms with Crippen LogP contribution in [0.2, 0.25) is 0 Å². The van der Waals surface area contributed by atoms with Gasteiger partial charge in [-0.3, -0.25) is 4.98 Å². The molecular formula is C21H26N4O3. The van der Waals surface area contributed by atoms with Gasteiger partial charge >= 0.3 is 0 Å². The number of aromatic nitrogens is 2. The first-order valence-corrected chi connectivity index (χ1v) is 9.48. The minimum Gasteiger partial charge on any atom is -0.481 e. The molecule has 1 aliphatic carbocycles. The van der Waals surface area contributed by atoms with Gasteiger partial charge in [0.15, 0.2) is 0 Å². The van der Waals surface area contributed by atoms with Crippen LogP contribution in [0.4, 0.5) is 0 Å². The first kappa shape index (κ1) is 19.8. The van der Waals surface area contributed by atoms with Crippen LogP contribution in [-0.4, -0.2) is 42.2 Å². The summed E-state index contributed by atoms with van der Waals surface area (Å²) in [6.45, 7) is 2.40. The third-order valence-corrected chi connectivity index (χ3v) is 4.54. The van der Waals surface area contributed by atoms with Crippen LogP contribution in [0.3, 0.4) is 0 Å². The fourth-order valence-corrected chi connectivity index (χ4v) is 3.13. The van der Waals surface area contributed by atoms with E-state index in [1.54, 1.807) is 7.11 Å². The van der Waals surface area contributed by atoms with Gasteiger partial charge in [-0.25, -0.2) is 4.98 Å². The average Bonchev–Trinajstić information content (AvgIpc) is 2.73. The molecule has 0 bridgehead atoms. The largest absolute Gasteiger partial charge is 0.481 e. The van der Waals surface area contributed by atoms with Crippen LogP contribution in [0.15, 0.2) is 40.6 Å². The van der Waals surface area contributed by atoms with Crippen molar-refractivity contribution >= 4 is 11.4 Å². The van der Waals surface area contributed by atoms with Crippen molar-refractivity contribution in [3.05, 3.63) is 53.0 Å². The Balaban J connectivity index is 1.54. The second-order valence-electron chi connectivity index (χ2n) is 6.56. The van der Waals surface area contributed by atoms with Crippen molar-refractivity contribution in [3.8, 4) is 5.88 Å². The van der Waals surface area contributed by atoms with Crippen molar-refractivity contribution in [1.82, 2.24) is 9.97 Å². The van der Waals surface area contributed by atoms with Gasteiger partial charge in [-0.1, -0.05) is 22.4 Å². The van der Waals surface area contributed by atoms with Crippen molar-refractivity contribution < 1.29 is 14.4 Å². The third-order valence-electron chi connectivity index (χ3n) is 4.54. The lowest BCUT2D eigenvalue weighted by Crippen LogP contribution is -2.15. The molecule has 0 aromatic carbocycles. The molecule has 0 amide bonds. The number of aryl methyl sites for hydroxylation is 2. The maximum Gasteiger partial charge on any atom is 0.213 e. The van der Waals surface area contributed by atoms with Gasteiger partial charge in [0.25, 0.3) is 0 Å². The van der Waals surface area contributed by atoms with Gasteiger partial charge in [-0.15, -0.1) is 0 Å². The zero-order valence-electron chi connectivity index (χ0n) is 16.6. The molecule has 0 spiro atoms. The van der Waals surface area contributed by atoms with E-state index in [2.05, 4.69) is 26.3 Å². The Morgan fingerprint density at radius 1 is 1.11 bits per heavy atom. The lowest BCUT2D eigenvalue weighted by atomic mass is 9.94. The molecule has 0 aliphatic heterocycles. The highest BCUT2D eigenvalue weighted by Gasteiger charge is 2.18. The molecule has 0 fully saturated rings. The molecule has 3 rings (SSSR count). The Morgan fingerprint density at radius 2 is 2.00 bits per heavy atom. The Hall–Kier alpha value is -2.96. The highest BCUT2D eigenvalue weighted by Crippen LogP contribution is 2.23. The summed E-state index contributed by atoms with van der Waals surface area (Å²) in [6.07, 6.45) is 4.57. The Morgan fingerprint density at radius 3 is 2.82 bits per heavy atom. The van der Waals surface area contributed by atoms with Crippen LogP contribution < -0.4 is 4.74 Å². The number of rotatable bonds is 8. The SMILES string of the molecule is CO/N=C(\C)c1cccc(CCCO/N=C2\CCCc3ccc(OC)nc32)n1. The first-order chi connectivity index (χ1) is 13.7. The minimum atomic E-state index is 0.528. The third kappa shape index (κ3) is 5.06. The van der Waals surface area contributed by atoms with Crippen LogP contribution in [0.5, 0.6) is 5.88 Å². The van der Waals surface area contributed by atoms with E-state index in [0.29, 0.717) is 12.5 Å². The number of hydrogen-bond donors (Lipinski definition) is 0. The number of fused-ring (bicyclic) bond motifs is 1. The van der Waals surface area contributed by atoms with Gasteiger partial charge in [0, 0.05) is 11.8 Å². The Labute approximate surface area is 165 Å². The van der Waals surface area contributed by atoms with Crippen molar-refractivity contribution in [2.45, 2.75) is 39.0 Å². The predicted molar refractivity (Wildman–Crippen MR) is 108 cm³/mol. The molecule has 2 aromatic heterocycles. The average molecular weight is 382 g/mol. The fraction of sp³-hybridized carbons (Fsp3) is 0.429. The molecule has 2 heterocycles. The lowest BCUT2D eigenvalue weighted by molar-refractivity contribution is 0.141. The maximum atomic E-state index is 5.58. The Kier molecular flexibility index (Phi) is 6.94. The summed E-state index contributed by atoms with van der Waals surface area (Å²) in [7, 11) is 3.15. The van der Waals surface area contributed by atoms with E-state index < -0.39 is 0 Å². The van der Waals surface area contributed by atoms with Crippen LogP contribution in [0.25, 0.3) is 0 Å². The minimum absolute atomic E-state index is 0.528. The van der Waals surface area contributed by atoms with Gasteiger partial charge in [-0.05, 0) is 56.7 Å². The van der Waals surface area contributed by atoms with Gasteiger partial charge < -0.3 is 14.4 Å². The van der Waals surface area contributed by atoms with Crippen molar-refractivity contribution in [1.29, 1.82) is 0 Å². The summed E-state index contributed by atoms with van der Waals surface area (Å²) in [6, 6.07) is 9.85. The zero-order valence-corrected chi connectivity index (χ0v) is 16.6. The molecule has 0 saturated carbocycles. The fourth-order valence-electron chi connectivity index (χ4n) is 3.13. The van der Waals surface area contributed by atoms with E-state index in [0.717, 1.165) is 60.6 Å². The first-order valence-electron chi connectivity index (χ1n) is 9.48. The normalized spacial score (nSPS) is 15.2. The molecule has 28 heavy (non-hydrogen) atoms. The quantitative estimate of drug-likeness (QED) is 0.396. The van der Waals surface area contributed by atoms with E-state index in [9.17, 15) is 0 Å². The van der Waals surface area contributed by atoms with Gasteiger partial charge in [0.2, 0.25) is 5.88 Å². The summed E-state index contributed by atoms with van der Waals surface area (Å²) < 4.78 is 5.23. The van der Waals surface area contributed by atoms with E-state index in [1.807, 2.05) is 31.2 Å². The second kappa shape index (κ2) is 9.82. The molecule has 0 saturated heterocycles. The van der Waals surface area contributed by atoms with Crippen LogP contribution in [0, 0.1) is 0 Å². The summed E-state index contributed by atoms with van der Waals surface area (Å²) in [5.41, 5.74) is 5.56. The van der Waals surface area contributed by atoms with Crippen LogP contribution in [0.1, 0.15) is 48.8 Å². The van der Waals surface area contributed by atoms with E-state index in [4.69, 9.17) is 14.4 Å². The second-order valence-corrected chi connectivity index (χ2v) is 6.56. The molecule has 0 atom stereocenters. The summed E-state index contributed by atoms with van der Waals surface area (Å²) in [5, 5.41) is 8.27. The monoisotopic (exact) mass is 382 g/mol. The number of pyridine rings is 2. The molecule has 1 aliphatic rings. The van der Waals surface area contributed by atoms with Gasteiger partial charge in [-0.2, -0.15) is 0 Å². The van der Waals surface area contributed by atoms with Crippen LogP contribution >= 0.6 is 0 Å². The number of methoxy groups -OCH3 is 1. The predicted octanol–water partition coefficient (Wildman–Crippen LogP) is 3.55. The summed E-state index contributed by atoms with van der Waals surface area (Å²) >= 11 is 0. The molecular weight excluding hydrogens is 356 g/mol. The maximum absolute atomic E-state index is 5.58. The molecule has 2 aromatic rings. The highest BCUT2D eigenvalue weighted by atomic mass is 16.6. The summed E-state index contributed by atoms with van der Waals surface area (Å²) in [5.74, 6) is 0.603. The van der Waals surface area contributed by atoms with Crippen molar-refractivity contribution in [3.63, 3.8) is 0 Å². The number of hydrogen-bond acceptors (Lipinski definition) is 7. The molecule has 0 N–H and O–H groups in total. The highest BCUT2D eigenvalue weighted by molar-refractivity contribution is 6.00. The van der Waals surface area contributed by atoms with Crippen molar-refractivity contribution in [2.24, 2.45) is 10.3 Å². The van der Waals surface area contributed by atoms with E-state index in [-0.39, 0.29) is 0 Å². The number of nitrogens with zero attached hydrogens (tertiary/aromatic N) is 4.